The van der Waals surface area contributed by atoms with E-state index in [0.717, 1.165) is 56.0 Å². The van der Waals surface area contributed by atoms with Gasteiger partial charge in [0, 0.05) is 19.0 Å². The third-order valence-electron chi connectivity index (χ3n) is 5.35. The van der Waals surface area contributed by atoms with Gasteiger partial charge in [-0.1, -0.05) is 46.2 Å². The Morgan fingerprint density at radius 2 is 1.86 bits per heavy atom. The van der Waals surface area contributed by atoms with Crippen LogP contribution in [0.5, 0.6) is 0 Å². The van der Waals surface area contributed by atoms with Crippen molar-refractivity contribution in [2.75, 3.05) is 26.2 Å². The molecule has 156 valence electrons. The van der Waals surface area contributed by atoms with E-state index in [1.54, 1.807) is 12.1 Å². The summed E-state index contributed by atoms with van der Waals surface area (Å²) in [5.41, 5.74) is 2.18. The molecule has 0 radical (unpaired) electrons. The van der Waals surface area contributed by atoms with Crippen molar-refractivity contribution in [1.82, 2.24) is 10.2 Å². The highest BCUT2D eigenvalue weighted by Gasteiger charge is 2.28. The molecule has 1 N–H and O–H groups in total. The van der Waals surface area contributed by atoms with Gasteiger partial charge in [-0.2, -0.15) is 0 Å². The number of nitrogens with one attached hydrogen (secondary N) is 1. The summed E-state index contributed by atoms with van der Waals surface area (Å²) in [7, 11) is 0. The topological polar surface area (TPSA) is 40.0 Å². The van der Waals surface area contributed by atoms with Gasteiger partial charge in [0.15, 0.2) is 0 Å². The molecule has 1 aromatic rings. The van der Waals surface area contributed by atoms with Crippen LogP contribution in [0.25, 0.3) is 0 Å². The SMILES string of the molecule is CCCCNC(CC)CN(CC)C(C1=NC(CCC)=NC1)c1ccc(F)cc1. The number of likely N-dealkylation sites (N-methyl/N-ethyl adjacent to an activating group) is 1. The molecular formula is C23H37FN4. The van der Waals surface area contributed by atoms with Crippen LogP contribution in [-0.4, -0.2) is 48.7 Å². The van der Waals surface area contributed by atoms with Crippen LogP contribution in [0, 0.1) is 5.82 Å². The van der Waals surface area contributed by atoms with Crippen LogP contribution in [0.2, 0.25) is 0 Å². The van der Waals surface area contributed by atoms with Gasteiger partial charge in [-0.05, 0) is 50.0 Å². The smallest absolute Gasteiger partial charge is 0.123 e. The van der Waals surface area contributed by atoms with Crippen LogP contribution in [0.15, 0.2) is 34.3 Å². The van der Waals surface area contributed by atoms with E-state index in [-0.39, 0.29) is 11.9 Å². The Labute approximate surface area is 170 Å². The standard InChI is InChI=1S/C23H37FN4/c1-5-9-15-25-20(7-3)17-28(8-4)23(18-11-13-19(24)14-12-18)21-16-26-22(27-21)10-6-2/h11-14,20,23,25H,5-10,15-17H2,1-4H3. The monoisotopic (exact) mass is 388 g/mol. The zero-order valence-corrected chi connectivity index (χ0v) is 18.0. The Balaban J connectivity index is 2.23. The summed E-state index contributed by atoms with van der Waals surface area (Å²) in [5, 5.41) is 3.70. The number of rotatable bonds is 13. The molecule has 1 aliphatic rings. The first-order valence-corrected chi connectivity index (χ1v) is 11.0. The first-order chi connectivity index (χ1) is 13.6. The van der Waals surface area contributed by atoms with Crippen LogP contribution in [0.1, 0.15) is 71.4 Å². The maximum Gasteiger partial charge on any atom is 0.123 e. The molecule has 1 aromatic carbocycles. The van der Waals surface area contributed by atoms with E-state index in [0.29, 0.717) is 12.6 Å². The van der Waals surface area contributed by atoms with E-state index in [4.69, 9.17) is 4.99 Å². The molecule has 2 unspecified atom stereocenters. The van der Waals surface area contributed by atoms with Gasteiger partial charge in [-0.25, -0.2) is 9.38 Å². The number of nitrogens with zero attached hydrogens (tertiary/aromatic N) is 3. The number of hydrogen-bond donors (Lipinski definition) is 1. The first-order valence-electron chi connectivity index (χ1n) is 11.0. The Hall–Kier alpha value is -1.59. The van der Waals surface area contributed by atoms with Crippen molar-refractivity contribution in [2.24, 2.45) is 9.98 Å². The fourth-order valence-corrected chi connectivity index (χ4v) is 3.70. The number of unbranched alkanes of at least 4 members (excludes halogenated alkanes) is 1. The van der Waals surface area contributed by atoms with Crippen LogP contribution >= 0.6 is 0 Å². The molecule has 4 nitrogen and oxygen atoms in total. The van der Waals surface area contributed by atoms with Gasteiger partial charge >= 0.3 is 0 Å². The third kappa shape index (κ3) is 6.49. The first kappa shape index (κ1) is 22.7. The minimum absolute atomic E-state index is 0.0470. The summed E-state index contributed by atoms with van der Waals surface area (Å²) in [4.78, 5) is 12.0. The summed E-state index contributed by atoms with van der Waals surface area (Å²) in [5.74, 6) is 0.753. The second-order valence-electron chi connectivity index (χ2n) is 7.54. The van der Waals surface area contributed by atoms with Crippen LogP contribution in [-0.2, 0) is 0 Å². The minimum Gasteiger partial charge on any atom is -0.313 e. The molecule has 1 heterocycles. The predicted molar refractivity (Wildman–Crippen MR) is 118 cm³/mol. The van der Waals surface area contributed by atoms with E-state index in [9.17, 15) is 4.39 Å². The molecule has 28 heavy (non-hydrogen) atoms. The Kier molecular flexibility index (Phi) is 9.79. The van der Waals surface area contributed by atoms with E-state index in [2.05, 4.69) is 42.9 Å². The molecule has 0 spiro atoms. The van der Waals surface area contributed by atoms with Gasteiger partial charge in [0.1, 0.15) is 11.7 Å². The largest absolute Gasteiger partial charge is 0.313 e. The summed E-state index contributed by atoms with van der Waals surface area (Å²) >= 11 is 0. The normalized spacial score (nSPS) is 16.2. The molecule has 0 aromatic heterocycles. The molecule has 0 aliphatic carbocycles. The highest BCUT2D eigenvalue weighted by molar-refractivity contribution is 6.06. The summed E-state index contributed by atoms with van der Waals surface area (Å²) < 4.78 is 13.5. The van der Waals surface area contributed by atoms with Crippen LogP contribution in [0.3, 0.4) is 0 Å². The number of hydrogen-bond acceptors (Lipinski definition) is 4. The molecule has 0 fully saturated rings. The fraction of sp³-hybridized carbons (Fsp3) is 0.652. The molecule has 0 bridgehead atoms. The lowest BCUT2D eigenvalue weighted by Crippen LogP contribution is -2.44. The molecule has 1 aliphatic heterocycles. The van der Waals surface area contributed by atoms with E-state index in [1.165, 1.54) is 12.8 Å². The van der Waals surface area contributed by atoms with Crippen LogP contribution < -0.4 is 5.32 Å². The van der Waals surface area contributed by atoms with Crippen molar-refractivity contribution in [3.8, 4) is 0 Å². The zero-order valence-electron chi connectivity index (χ0n) is 18.0. The number of amidine groups is 1. The average Bonchev–Trinajstić information content (AvgIpc) is 3.16. The maximum absolute atomic E-state index is 13.5. The minimum atomic E-state index is -0.200. The molecule has 0 amide bonds. The average molecular weight is 389 g/mol. The van der Waals surface area contributed by atoms with Gasteiger partial charge < -0.3 is 5.32 Å². The fourth-order valence-electron chi connectivity index (χ4n) is 3.70. The quantitative estimate of drug-likeness (QED) is 0.483. The number of halogens is 1. The molecule has 0 saturated heterocycles. The highest BCUT2D eigenvalue weighted by atomic mass is 19.1. The third-order valence-corrected chi connectivity index (χ3v) is 5.35. The van der Waals surface area contributed by atoms with E-state index in [1.807, 2.05) is 12.1 Å². The van der Waals surface area contributed by atoms with Crippen molar-refractivity contribution >= 4 is 11.5 Å². The zero-order chi connectivity index (χ0) is 20.4. The van der Waals surface area contributed by atoms with E-state index >= 15 is 0 Å². The molecule has 0 saturated carbocycles. The predicted octanol–water partition coefficient (Wildman–Crippen LogP) is 5.01. The summed E-state index contributed by atoms with van der Waals surface area (Å²) in [6, 6.07) is 7.38. The Morgan fingerprint density at radius 1 is 1.11 bits per heavy atom. The van der Waals surface area contributed by atoms with Crippen molar-refractivity contribution in [3.63, 3.8) is 0 Å². The second kappa shape index (κ2) is 12.1. The van der Waals surface area contributed by atoms with Crippen molar-refractivity contribution < 1.29 is 4.39 Å². The number of benzene rings is 1. The molecule has 5 heteroatoms. The van der Waals surface area contributed by atoms with Gasteiger partial charge in [0.25, 0.3) is 0 Å². The second-order valence-corrected chi connectivity index (χ2v) is 7.54. The lowest BCUT2D eigenvalue weighted by atomic mass is 9.99. The van der Waals surface area contributed by atoms with E-state index < -0.39 is 0 Å². The highest BCUT2D eigenvalue weighted by Crippen LogP contribution is 2.26. The van der Waals surface area contributed by atoms with Gasteiger partial charge in [0.05, 0.1) is 18.3 Å². The summed E-state index contributed by atoms with van der Waals surface area (Å²) in [6.07, 6.45) is 5.45. The van der Waals surface area contributed by atoms with Gasteiger partial charge in [-0.3, -0.25) is 9.89 Å². The molecule has 2 atom stereocenters. The van der Waals surface area contributed by atoms with Crippen molar-refractivity contribution in [1.29, 1.82) is 0 Å². The summed E-state index contributed by atoms with van der Waals surface area (Å²) in [6.45, 7) is 12.4. The lowest BCUT2D eigenvalue weighted by Gasteiger charge is -2.34. The Morgan fingerprint density at radius 3 is 2.46 bits per heavy atom. The van der Waals surface area contributed by atoms with Crippen molar-refractivity contribution in [2.45, 2.75) is 71.9 Å². The van der Waals surface area contributed by atoms with Crippen molar-refractivity contribution in [3.05, 3.63) is 35.6 Å². The molecule has 2 rings (SSSR count). The van der Waals surface area contributed by atoms with Crippen LogP contribution in [0.4, 0.5) is 4.39 Å². The van der Waals surface area contributed by atoms with Gasteiger partial charge in [-0.15, -0.1) is 0 Å². The number of aliphatic imine (C=N–C) groups is 2. The van der Waals surface area contributed by atoms with Gasteiger partial charge in [0.2, 0.25) is 0 Å². The lowest BCUT2D eigenvalue weighted by molar-refractivity contribution is 0.222. The maximum atomic E-state index is 13.5. The Bertz CT molecular complexity index is 639. The molecular weight excluding hydrogens is 351 g/mol.